The van der Waals surface area contributed by atoms with Crippen LogP contribution < -0.4 is 15.4 Å². The van der Waals surface area contributed by atoms with Gasteiger partial charge in [0.2, 0.25) is 11.7 Å². The number of amides is 2. The second-order valence-corrected chi connectivity index (χ2v) is 19.9. The highest BCUT2D eigenvalue weighted by atomic mass is 32.2. The van der Waals surface area contributed by atoms with Gasteiger partial charge in [-0.2, -0.15) is 0 Å². The molecule has 8 atom stereocenters. The zero-order valence-corrected chi connectivity index (χ0v) is 33.6. The molecule has 53 heavy (non-hydrogen) atoms. The summed E-state index contributed by atoms with van der Waals surface area (Å²) in [6.45, 7) is 21.4. The van der Waals surface area contributed by atoms with E-state index in [0.717, 1.165) is 18.4 Å². The molecule has 0 radical (unpaired) electrons. The Labute approximate surface area is 316 Å². The van der Waals surface area contributed by atoms with Crippen LogP contribution in [0, 0.1) is 17.3 Å². The largest absolute Gasteiger partial charge is 0.461 e. The van der Waals surface area contributed by atoms with Crippen molar-refractivity contribution in [1.82, 2.24) is 10.6 Å². The van der Waals surface area contributed by atoms with Crippen LogP contribution in [0.2, 0.25) is 5.82 Å². The Morgan fingerprint density at radius 3 is 2.21 bits per heavy atom. The topological polar surface area (TPSA) is 152 Å². The van der Waals surface area contributed by atoms with E-state index in [1.807, 2.05) is 12.1 Å². The van der Waals surface area contributed by atoms with Gasteiger partial charge in [-0.3, -0.25) is 10.6 Å². The van der Waals surface area contributed by atoms with Crippen LogP contribution in [0.25, 0.3) is 0 Å². The second kappa shape index (κ2) is 13.1. The van der Waals surface area contributed by atoms with Crippen molar-refractivity contribution in [2.24, 2.45) is 22.2 Å². The van der Waals surface area contributed by atoms with Gasteiger partial charge in [-0.25, -0.2) is 19.4 Å². The Bertz CT molecular complexity index is 1670. The number of aliphatic imine (C=N–C) groups is 1. The number of ether oxygens (including phenoxy) is 5. The monoisotopic (exact) mass is 755 g/mol. The molecule has 2 bridgehead atoms. The second-order valence-electron chi connectivity index (χ2n) is 18.6. The lowest BCUT2D eigenvalue weighted by Gasteiger charge is -2.64. The number of carbonyl (C=O) groups is 3. The van der Waals surface area contributed by atoms with Crippen LogP contribution >= 0.6 is 11.8 Å². The summed E-state index contributed by atoms with van der Waals surface area (Å²) in [6.07, 6.45) is 1.62. The average Bonchev–Trinajstić information content (AvgIpc) is 3.52. The Morgan fingerprint density at radius 2 is 1.58 bits per heavy atom. The van der Waals surface area contributed by atoms with Crippen LogP contribution in [0.1, 0.15) is 117 Å². The van der Waals surface area contributed by atoms with E-state index in [1.165, 1.54) is 18.2 Å². The Kier molecular flexibility index (Phi) is 9.42. The number of hydrogen-bond donors (Lipinski definition) is 2. The number of guanidine groups is 1. The fraction of sp³-hybridized carbons (Fsp3) is 0.737. The molecule has 4 saturated carbocycles. The number of thioether (sulfide) groups is 1. The molecule has 15 heteroatoms. The first-order valence-electron chi connectivity index (χ1n) is 18.8. The van der Waals surface area contributed by atoms with Crippen LogP contribution in [0.5, 0.6) is 5.75 Å². The van der Waals surface area contributed by atoms with E-state index in [-0.39, 0.29) is 53.8 Å². The van der Waals surface area contributed by atoms with Crippen LogP contribution in [-0.2, 0) is 28.3 Å². The number of fused-ring (bicyclic) bond motifs is 1. The van der Waals surface area contributed by atoms with Gasteiger partial charge in [-0.1, -0.05) is 19.9 Å². The molecule has 6 fully saturated rings. The molecular formula is C38H54BN3O10S. The van der Waals surface area contributed by atoms with E-state index in [0.29, 0.717) is 34.7 Å². The molecule has 290 valence electrons. The number of nitrogens with zero attached hydrogens (tertiary/aromatic N) is 1. The predicted octanol–water partition coefficient (Wildman–Crippen LogP) is 6.82. The van der Waals surface area contributed by atoms with Gasteiger partial charge in [0, 0.05) is 24.6 Å². The first-order chi connectivity index (χ1) is 24.5. The number of esters is 1. The summed E-state index contributed by atoms with van der Waals surface area (Å²) in [5, 5.41) is 4.80. The van der Waals surface area contributed by atoms with E-state index in [4.69, 9.17) is 33.0 Å². The summed E-state index contributed by atoms with van der Waals surface area (Å²) in [7, 11) is -0.301. The quantitative estimate of drug-likeness (QED) is 0.107. The molecule has 0 spiro atoms. The van der Waals surface area contributed by atoms with Crippen molar-refractivity contribution in [3.8, 4) is 5.75 Å². The lowest BCUT2D eigenvalue weighted by atomic mass is 9.43. The lowest BCUT2D eigenvalue weighted by molar-refractivity contribution is -0.199. The van der Waals surface area contributed by atoms with E-state index in [9.17, 15) is 14.4 Å². The van der Waals surface area contributed by atoms with E-state index in [1.54, 1.807) is 55.4 Å². The summed E-state index contributed by atoms with van der Waals surface area (Å²) in [4.78, 5) is 44.5. The Morgan fingerprint density at radius 1 is 0.925 bits per heavy atom. The smallest absolute Gasteiger partial charge is 0.452 e. The van der Waals surface area contributed by atoms with Crippen LogP contribution in [0.15, 0.2) is 22.0 Å². The van der Waals surface area contributed by atoms with Gasteiger partial charge < -0.3 is 33.0 Å². The molecule has 1 unspecified atom stereocenters. The van der Waals surface area contributed by atoms with Crippen molar-refractivity contribution in [2.75, 3.05) is 13.2 Å². The number of carbonyl (C=O) groups excluding carboxylic acids is 3. The number of nitrogens with one attached hydrogen (secondary N) is 2. The summed E-state index contributed by atoms with van der Waals surface area (Å²) >= 11 is 1.41. The molecule has 2 amide bonds. The summed E-state index contributed by atoms with van der Waals surface area (Å²) in [5.74, 6) is 0.174. The third kappa shape index (κ3) is 7.64. The highest BCUT2D eigenvalue weighted by Gasteiger charge is 2.70. The summed E-state index contributed by atoms with van der Waals surface area (Å²) in [6, 6.07) is 3.46. The number of rotatable bonds is 5. The van der Waals surface area contributed by atoms with Gasteiger partial charge in [0.15, 0.2) is 0 Å². The zero-order chi connectivity index (χ0) is 38.5. The average molecular weight is 756 g/mol. The van der Waals surface area contributed by atoms with Crippen molar-refractivity contribution < 1.29 is 47.4 Å². The molecule has 3 aliphatic heterocycles. The fourth-order valence-corrected chi connectivity index (χ4v) is 9.98. The highest BCUT2D eigenvalue weighted by molar-refractivity contribution is 8.00. The molecule has 1 aromatic carbocycles. The normalized spacial score (nSPS) is 33.3. The van der Waals surface area contributed by atoms with E-state index < -0.39 is 41.2 Å². The molecule has 13 nitrogen and oxygen atoms in total. The summed E-state index contributed by atoms with van der Waals surface area (Å²) in [5.41, 5.74) is -0.277. The first kappa shape index (κ1) is 38.3. The molecule has 4 aliphatic carbocycles. The minimum absolute atomic E-state index is 0.104. The molecule has 7 aliphatic rings. The van der Waals surface area contributed by atoms with Crippen molar-refractivity contribution in [3.05, 3.63) is 23.3 Å². The SMILES string of the molecule is CC(C)(C)OC(=O)NC(=N[C@H]1COC[C@H]1Sc1ccc([C@H]2C[C@H]2B2OC3C[C@@H]4C[C@@H](C4(C)C)[C@]3(C)O2)c2c1C(=O)OC(C)(C)O2)NC(=O)OC(C)(C)C. The lowest BCUT2D eigenvalue weighted by Crippen LogP contribution is -2.65. The minimum atomic E-state index is -1.15. The van der Waals surface area contributed by atoms with Gasteiger partial charge in [0.1, 0.15) is 22.5 Å². The van der Waals surface area contributed by atoms with Crippen LogP contribution in [0.4, 0.5) is 9.59 Å². The number of cyclic esters (lactones) is 1. The number of alkyl carbamates (subject to hydrolysis) is 2. The van der Waals surface area contributed by atoms with Crippen molar-refractivity contribution in [1.29, 1.82) is 0 Å². The van der Waals surface area contributed by atoms with Gasteiger partial charge in [0.05, 0.1) is 36.2 Å². The van der Waals surface area contributed by atoms with Crippen LogP contribution in [0.3, 0.4) is 0 Å². The van der Waals surface area contributed by atoms with Crippen molar-refractivity contribution >= 4 is 43.0 Å². The standard InChI is InChI=1S/C38H54BN3O10S/c1-34(2,3)49-32(44)41-31(42-33(45)50-35(4,5)6)40-23-17-46-18-25(23)53-24-13-12-20(29-28(24)30(43)48-37(9,10)47-29)21-16-22(21)39-51-27-15-19-14-26(36(19,7)8)38(27,11)52-39/h12-13,19,21-23,25-27H,14-18H2,1-11H3,(H2,40,41,42,44,45)/t19-,21+,22+,23-,25+,26-,27?,38-/m0/s1. The highest BCUT2D eigenvalue weighted by Crippen LogP contribution is 2.68. The fourth-order valence-electron chi connectivity index (χ4n) is 8.75. The molecule has 2 N–H and O–H groups in total. The van der Waals surface area contributed by atoms with Crippen LogP contribution in [-0.4, -0.2) is 84.4 Å². The van der Waals surface area contributed by atoms with Crippen molar-refractivity contribution in [2.45, 2.75) is 152 Å². The van der Waals surface area contributed by atoms with Gasteiger partial charge in [-0.15, -0.1) is 11.8 Å². The maximum atomic E-state index is 13.7. The molecule has 0 aromatic heterocycles. The molecule has 3 heterocycles. The van der Waals surface area contributed by atoms with Gasteiger partial charge in [0.25, 0.3) is 0 Å². The van der Waals surface area contributed by atoms with Gasteiger partial charge >= 0.3 is 25.3 Å². The maximum absolute atomic E-state index is 13.7. The zero-order valence-electron chi connectivity index (χ0n) is 32.7. The Hall–Kier alpha value is -3.01. The predicted molar refractivity (Wildman–Crippen MR) is 198 cm³/mol. The van der Waals surface area contributed by atoms with Crippen molar-refractivity contribution in [3.63, 3.8) is 0 Å². The summed E-state index contributed by atoms with van der Waals surface area (Å²) < 4.78 is 42.3. The van der Waals surface area contributed by atoms with E-state index >= 15 is 0 Å². The van der Waals surface area contributed by atoms with Gasteiger partial charge in [-0.05, 0) is 103 Å². The first-order valence-corrected chi connectivity index (χ1v) is 19.7. The number of benzene rings is 1. The maximum Gasteiger partial charge on any atom is 0.461 e. The minimum Gasteiger partial charge on any atom is -0.452 e. The molecule has 2 saturated heterocycles. The molecular weight excluding hydrogens is 701 g/mol. The third-order valence-corrected chi connectivity index (χ3v) is 12.8. The third-order valence-electron chi connectivity index (χ3n) is 11.4. The molecule has 8 rings (SSSR count). The Balaban J connectivity index is 1.11. The van der Waals surface area contributed by atoms with E-state index in [2.05, 4.69) is 36.4 Å². The molecule has 1 aromatic rings. The number of hydrogen-bond acceptors (Lipinski definition) is 12.